The second-order valence-corrected chi connectivity index (χ2v) is 3.06. The van der Waals surface area contributed by atoms with Crippen molar-refractivity contribution in [3.05, 3.63) is 41.2 Å². The van der Waals surface area contributed by atoms with Crippen LogP contribution in [0.3, 0.4) is 0 Å². The highest BCUT2D eigenvalue weighted by molar-refractivity contribution is 6.01. The molecule has 0 amide bonds. The minimum Gasteiger partial charge on any atom is -0.411 e. The third kappa shape index (κ3) is 2.69. The Bertz CT molecular complexity index is 365. The number of hydrogen-bond donors (Lipinski definition) is 1. The molecule has 0 saturated heterocycles. The van der Waals surface area contributed by atoms with E-state index < -0.39 is 0 Å². The van der Waals surface area contributed by atoms with E-state index in [2.05, 4.69) is 5.16 Å². The summed E-state index contributed by atoms with van der Waals surface area (Å²) in [5, 5.41) is 11.6. The number of allylic oxidation sites excluding steroid dienone is 1. The van der Waals surface area contributed by atoms with Gasteiger partial charge in [-0.3, -0.25) is 0 Å². The largest absolute Gasteiger partial charge is 0.411 e. The molecule has 0 aliphatic rings. The van der Waals surface area contributed by atoms with E-state index in [1.807, 2.05) is 13.0 Å². The molecule has 2 nitrogen and oxygen atoms in total. The van der Waals surface area contributed by atoms with Gasteiger partial charge < -0.3 is 5.21 Å². The van der Waals surface area contributed by atoms with Gasteiger partial charge in [0, 0.05) is 0 Å². The molecule has 0 fully saturated rings. The molecule has 0 spiro atoms. The van der Waals surface area contributed by atoms with Crippen LogP contribution in [0.25, 0.3) is 6.08 Å². The minimum absolute atomic E-state index is 0.257. The van der Waals surface area contributed by atoms with Crippen LogP contribution in [0, 0.1) is 5.82 Å². The summed E-state index contributed by atoms with van der Waals surface area (Å²) in [6.07, 6.45) is 1.83. The summed E-state index contributed by atoms with van der Waals surface area (Å²) in [4.78, 5) is 0. The van der Waals surface area contributed by atoms with Gasteiger partial charge in [-0.1, -0.05) is 23.4 Å². The van der Waals surface area contributed by atoms with Crippen molar-refractivity contribution in [1.82, 2.24) is 0 Å². The van der Waals surface area contributed by atoms with Crippen LogP contribution in [-0.2, 0) is 0 Å². The number of nitrogens with zero attached hydrogens (tertiary/aromatic N) is 1. The fourth-order valence-corrected chi connectivity index (χ4v) is 0.992. The minimum atomic E-state index is -0.257. The summed E-state index contributed by atoms with van der Waals surface area (Å²) in [5.74, 6) is -0.257. The molecule has 0 aliphatic carbocycles. The SMILES string of the molecule is CC(=Cc1ccc(F)cc1)C(C)=NO. The van der Waals surface area contributed by atoms with Gasteiger partial charge >= 0.3 is 0 Å². The molecule has 0 heterocycles. The van der Waals surface area contributed by atoms with Crippen molar-refractivity contribution in [2.75, 3.05) is 0 Å². The van der Waals surface area contributed by atoms with E-state index in [1.54, 1.807) is 19.1 Å². The van der Waals surface area contributed by atoms with Gasteiger partial charge in [0.05, 0.1) is 5.71 Å². The smallest absolute Gasteiger partial charge is 0.123 e. The molecule has 0 atom stereocenters. The zero-order chi connectivity index (χ0) is 10.6. The first-order valence-electron chi connectivity index (χ1n) is 4.26. The molecule has 3 heteroatoms. The lowest BCUT2D eigenvalue weighted by molar-refractivity contribution is 0.319. The van der Waals surface area contributed by atoms with Crippen molar-refractivity contribution in [2.45, 2.75) is 13.8 Å². The number of halogens is 1. The lowest BCUT2D eigenvalue weighted by atomic mass is 10.1. The summed E-state index contributed by atoms with van der Waals surface area (Å²) in [6, 6.07) is 6.13. The first-order valence-corrected chi connectivity index (χ1v) is 4.26. The fraction of sp³-hybridized carbons (Fsp3) is 0.182. The summed E-state index contributed by atoms with van der Waals surface area (Å²) >= 11 is 0. The van der Waals surface area contributed by atoms with E-state index in [0.29, 0.717) is 5.71 Å². The van der Waals surface area contributed by atoms with E-state index in [9.17, 15) is 4.39 Å². The monoisotopic (exact) mass is 193 g/mol. The highest BCUT2D eigenvalue weighted by Crippen LogP contribution is 2.09. The van der Waals surface area contributed by atoms with E-state index >= 15 is 0 Å². The summed E-state index contributed by atoms with van der Waals surface area (Å²) in [5.41, 5.74) is 2.28. The Morgan fingerprint density at radius 3 is 2.36 bits per heavy atom. The van der Waals surface area contributed by atoms with Crippen LogP contribution in [0.5, 0.6) is 0 Å². The van der Waals surface area contributed by atoms with Crippen LogP contribution in [0.2, 0.25) is 0 Å². The molecule has 1 aromatic rings. The lowest BCUT2D eigenvalue weighted by Gasteiger charge is -1.98. The lowest BCUT2D eigenvalue weighted by Crippen LogP contribution is -1.92. The first kappa shape index (κ1) is 10.4. The van der Waals surface area contributed by atoms with Crippen LogP contribution in [-0.4, -0.2) is 10.9 Å². The summed E-state index contributed by atoms with van der Waals surface area (Å²) < 4.78 is 12.6. The second-order valence-electron chi connectivity index (χ2n) is 3.06. The zero-order valence-electron chi connectivity index (χ0n) is 8.16. The molecular weight excluding hydrogens is 181 g/mol. The first-order chi connectivity index (χ1) is 6.63. The van der Waals surface area contributed by atoms with Crippen molar-refractivity contribution in [3.63, 3.8) is 0 Å². The summed E-state index contributed by atoms with van der Waals surface area (Å²) in [7, 11) is 0. The van der Waals surface area contributed by atoms with E-state index in [1.165, 1.54) is 12.1 Å². The van der Waals surface area contributed by atoms with Crippen molar-refractivity contribution >= 4 is 11.8 Å². The predicted octanol–water partition coefficient (Wildman–Crippen LogP) is 3.08. The van der Waals surface area contributed by atoms with Gasteiger partial charge in [-0.25, -0.2) is 4.39 Å². The highest BCUT2D eigenvalue weighted by atomic mass is 19.1. The van der Waals surface area contributed by atoms with E-state index in [0.717, 1.165) is 11.1 Å². The number of hydrogen-bond acceptors (Lipinski definition) is 2. The number of rotatable bonds is 2. The average Bonchev–Trinajstić information content (AvgIpc) is 2.20. The third-order valence-electron chi connectivity index (χ3n) is 1.97. The standard InChI is InChI=1S/C11H12FNO/c1-8(9(2)13-14)7-10-3-5-11(12)6-4-10/h3-7,14H,1-2H3. The van der Waals surface area contributed by atoms with Gasteiger partial charge in [0.25, 0.3) is 0 Å². The quantitative estimate of drug-likeness (QED) is 0.437. The van der Waals surface area contributed by atoms with Crippen LogP contribution >= 0.6 is 0 Å². The Morgan fingerprint density at radius 2 is 1.86 bits per heavy atom. The Morgan fingerprint density at radius 1 is 1.29 bits per heavy atom. The molecule has 0 aromatic heterocycles. The van der Waals surface area contributed by atoms with Gasteiger partial charge in [-0.2, -0.15) is 0 Å². The Labute approximate surface area is 82.4 Å². The Balaban J connectivity index is 2.92. The Kier molecular flexibility index (Phi) is 3.40. The number of oxime groups is 1. The predicted molar refractivity (Wildman–Crippen MR) is 54.9 cm³/mol. The van der Waals surface area contributed by atoms with Crippen molar-refractivity contribution < 1.29 is 9.60 Å². The maximum Gasteiger partial charge on any atom is 0.123 e. The van der Waals surface area contributed by atoms with Crippen LogP contribution in [0.15, 0.2) is 35.0 Å². The number of benzene rings is 1. The topological polar surface area (TPSA) is 32.6 Å². The molecular formula is C11H12FNO. The van der Waals surface area contributed by atoms with Gasteiger partial charge in [0.15, 0.2) is 0 Å². The molecule has 0 bridgehead atoms. The van der Waals surface area contributed by atoms with Crippen molar-refractivity contribution in [1.29, 1.82) is 0 Å². The normalized spacial score (nSPS) is 13.1. The van der Waals surface area contributed by atoms with Crippen molar-refractivity contribution in [2.24, 2.45) is 5.16 Å². The molecule has 1 rings (SSSR count). The third-order valence-corrected chi connectivity index (χ3v) is 1.97. The molecule has 1 N–H and O–H groups in total. The van der Waals surface area contributed by atoms with Crippen molar-refractivity contribution in [3.8, 4) is 0 Å². The molecule has 14 heavy (non-hydrogen) atoms. The molecule has 1 aromatic carbocycles. The van der Waals surface area contributed by atoms with Gasteiger partial charge in [-0.05, 0) is 37.1 Å². The molecule has 0 saturated carbocycles. The zero-order valence-corrected chi connectivity index (χ0v) is 8.16. The van der Waals surface area contributed by atoms with Crippen LogP contribution in [0.4, 0.5) is 4.39 Å². The van der Waals surface area contributed by atoms with Gasteiger partial charge in [-0.15, -0.1) is 0 Å². The summed E-state index contributed by atoms with van der Waals surface area (Å²) in [6.45, 7) is 3.54. The van der Waals surface area contributed by atoms with E-state index in [4.69, 9.17) is 5.21 Å². The maximum absolute atomic E-state index is 12.6. The van der Waals surface area contributed by atoms with Gasteiger partial charge in [0.2, 0.25) is 0 Å². The average molecular weight is 193 g/mol. The Hall–Kier alpha value is -1.64. The van der Waals surface area contributed by atoms with E-state index in [-0.39, 0.29) is 5.82 Å². The fourth-order valence-electron chi connectivity index (χ4n) is 0.992. The molecule has 0 unspecified atom stereocenters. The molecule has 74 valence electrons. The maximum atomic E-state index is 12.6. The van der Waals surface area contributed by atoms with Gasteiger partial charge in [0.1, 0.15) is 5.82 Å². The van der Waals surface area contributed by atoms with Crippen LogP contribution in [0.1, 0.15) is 19.4 Å². The highest BCUT2D eigenvalue weighted by Gasteiger charge is 1.96. The molecule has 0 radical (unpaired) electrons. The second kappa shape index (κ2) is 4.56. The van der Waals surface area contributed by atoms with Crippen LogP contribution < -0.4 is 0 Å². The molecule has 0 aliphatic heterocycles.